The standard InChI is InChI=1S/C17H28N4OS.HI/c1-13(2)22-15-7-6-14(10-19-15)11-20-16(18-4)21-12-17(3)8-5-9-23-17;/h6-7,10,13H,5,8-9,11-12H2,1-4H3,(H2,18,20,21);1H. The highest BCUT2D eigenvalue weighted by Crippen LogP contribution is 2.36. The van der Waals surface area contributed by atoms with Gasteiger partial charge in [0.15, 0.2) is 5.96 Å². The predicted molar refractivity (Wildman–Crippen MR) is 114 cm³/mol. The van der Waals surface area contributed by atoms with Crippen molar-refractivity contribution in [3.8, 4) is 5.88 Å². The quantitative estimate of drug-likeness (QED) is 0.384. The summed E-state index contributed by atoms with van der Waals surface area (Å²) in [6.07, 6.45) is 4.56. The smallest absolute Gasteiger partial charge is 0.213 e. The van der Waals surface area contributed by atoms with E-state index >= 15 is 0 Å². The van der Waals surface area contributed by atoms with Crippen LogP contribution in [-0.2, 0) is 6.54 Å². The summed E-state index contributed by atoms with van der Waals surface area (Å²) in [5.41, 5.74) is 1.10. The lowest BCUT2D eigenvalue weighted by atomic mass is 10.1. The lowest BCUT2D eigenvalue weighted by molar-refractivity contribution is 0.232. The summed E-state index contributed by atoms with van der Waals surface area (Å²) >= 11 is 2.05. The minimum absolute atomic E-state index is 0. The summed E-state index contributed by atoms with van der Waals surface area (Å²) < 4.78 is 5.88. The summed E-state index contributed by atoms with van der Waals surface area (Å²) in [6.45, 7) is 7.95. The molecular formula is C17H29IN4OS. The lowest BCUT2D eigenvalue weighted by Crippen LogP contribution is -2.43. The molecule has 1 aromatic heterocycles. The van der Waals surface area contributed by atoms with Crippen molar-refractivity contribution >= 4 is 41.7 Å². The molecule has 2 rings (SSSR count). The number of guanidine groups is 1. The summed E-state index contributed by atoms with van der Waals surface area (Å²) in [4.78, 5) is 8.61. The van der Waals surface area contributed by atoms with Crippen LogP contribution in [0.4, 0.5) is 0 Å². The third-order valence-corrected chi connectivity index (χ3v) is 5.31. The van der Waals surface area contributed by atoms with Crippen LogP contribution >= 0.6 is 35.7 Å². The van der Waals surface area contributed by atoms with Crippen LogP contribution in [0, 0.1) is 0 Å². The zero-order valence-electron chi connectivity index (χ0n) is 15.0. The maximum atomic E-state index is 5.55. The summed E-state index contributed by atoms with van der Waals surface area (Å²) in [7, 11) is 1.80. The van der Waals surface area contributed by atoms with E-state index in [1.165, 1.54) is 18.6 Å². The number of rotatable bonds is 6. The molecule has 0 bridgehead atoms. The highest BCUT2D eigenvalue weighted by molar-refractivity contribution is 14.0. The fourth-order valence-corrected chi connectivity index (χ4v) is 3.72. The molecule has 2 heterocycles. The Labute approximate surface area is 166 Å². The van der Waals surface area contributed by atoms with Crippen LogP contribution in [0.15, 0.2) is 23.3 Å². The number of hydrogen-bond donors (Lipinski definition) is 2. The molecule has 1 aliphatic rings. The SMILES string of the molecule is CN=C(NCc1ccc(OC(C)C)nc1)NCC1(C)CCCS1.I. The predicted octanol–water partition coefficient (Wildman–Crippen LogP) is 3.44. The Morgan fingerprint density at radius 3 is 2.75 bits per heavy atom. The first-order chi connectivity index (χ1) is 11.0. The highest BCUT2D eigenvalue weighted by Gasteiger charge is 2.29. The van der Waals surface area contributed by atoms with Crippen LogP contribution in [0.3, 0.4) is 0 Å². The maximum Gasteiger partial charge on any atom is 0.213 e. The van der Waals surface area contributed by atoms with Crippen molar-refractivity contribution in [1.29, 1.82) is 0 Å². The average Bonchev–Trinajstić information content (AvgIpc) is 2.95. The molecule has 1 unspecified atom stereocenters. The lowest BCUT2D eigenvalue weighted by Gasteiger charge is -2.24. The molecule has 1 atom stereocenters. The summed E-state index contributed by atoms with van der Waals surface area (Å²) in [5, 5.41) is 6.77. The largest absolute Gasteiger partial charge is 0.475 e. The molecular weight excluding hydrogens is 435 g/mol. The Balaban J connectivity index is 0.00000288. The van der Waals surface area contributed by atoms with Crippen molar-refractivity contribution in [3.05, 3.63) is 23.9 Å². The van der Waals surface area contributed by atoms with Gasteiger partial charge in [-0.05, 0) is 44.9 Å². The molecule has 0 amide bonds. The fraction of sp³-hybridized carbons (Fsp3) is 0.647. The first-order valence-electron chi connectivity index (χ1n) is 8.21. The molecule has 1 fully saturated rings. The number of aliphatic imine (C=N–C) groups is 1. The van der Waals surface area contributed by atoms with Crippen LogP contribution in [0.2, 0.25) is 0 Å². The van der Waals surface area contributed by atoms with Gasteiger partial charge in [-0.25, -0.2) is 4.98 Å². The van der Waals surface area contributed by atoms with Crippen molar-refractivity contribution in [2.75, 3.05) is 19.3 Å². The van der Waals surface area contributed by atoms with E-state index in [0.29, 0.717) is 17.2 Å². The molecule has 136 valence electrons. The second-order valence-corrected chi connectivity index (χ2v) is 8.04. The van der Waals surface area contributed by atoms with Gasteiger partial charge in [0, 0.05) is 37.1 Å². The Kier molecular flexibility index (Phi) is 9.18. The molecule has 24 heavy (non-hydrogen) atoms. The van der Waals surface area contributed by atoms with E-state index in [0.717, 1.165) is 18.1 Å². The topological polar surface area (TPSA) is 58.5 Å². The van der Waals surface area contributed by atoms with Crippen LogP contribution < -0.4 is 15.4 Å². The number of nitrogens with one attached hydrogen (secondary N) is 2. The zero-order chi connectivity index (χ0) is 16.7. The van der Waals surface area contributed by atoms with Gasteiger partial charge in [-0.1, -0.05) is 6.07 Å². The third-order valence-electron chi connectivity index (χ3n) is 3.77. The van der Waals surface area contributed by atoms with Crippen LogP contribution in [0.25, 0.3) is 0 Å². The zero-order valence-corrected chi connectivity index (χ0v) is 18.1. The number of nitrogens with zero attached hydrogens (tertiary/aromatic N) is 2. The van der Waals surface area contributed by atoms with Gasteiger partial charge in [-0.15, -0.1) is 24.0 Å². The molecule has 5 nitrogen and oxygen atoms in total. The highest BCUT2D eigenvalue weighted by atomic mass is 127. The number of pyridine rings is 1. The van der Waals surface area contributed by atoms with E-state index in [4.69, 9.17) is 4.74 Å². The normalized spacial score (nSPS) is 20.6. The van der Waals surface area contributed by atoms with E-state index in [1.807, 2.05) is 43.9 Å². The third kappa shape index (κ3) is 7.04. The Morgan fingerprint density at radius 1 is 1.42 bits per heavy atom. The first kappa shape index (κ1) is 21.3. The van der Waals surface area contributed by atoms with Crippen molar-refractivity contribution in [2.24, 2.45) is 4.99 Å². The monoisotopic (exact) mass is 464 g/mol. The van der Waals surface area contributed by atoms with Crippen molar-refractivity contribution < 1.29 is 4.74 Å². The van der Waals surface area contributed by atoms with Gasteiger partial charge >= 0.3 is 0 Å². The van der Waals surface area contributed by atoms with Crippen molar-refractivity contribution in [1.82, 2.24) is 15.6 Å². The first-order valence-corrected chi connectivity index (χ1v) is 9.19. The minimum Gasteiger partial charge on any atom is -0.475 e. The Bertz CT molecular complexity index is 516. The Hall–Kier alpha value is -0.700. The second kappa shape index (κ2) is 10.3. The van der Waals surface area contributed by atoms with E-state index < -0.39 is 0 Å². The number of aromatic nitrogens is 1. The second-order valence-electron chi connectivity index (χ2n) is 6.35. The maximum absolute atomic E-state index is 5.55. The number of ether oxygens (including phenoxy) is 1. The van der Waals surface area contributed by atoms with E-state index in [1.54, 1.807) is 7.05 Å². The number of halogens is 1. The van der Waals surface area contributed by atoms with Gasteiger partial charge in [0.25, 0.3) is 0 Å². The van der Waals surface area contributed by atoms with Gasteiger partial charge in [-0.2, -0.15) is 11.8 Å². The van der Waals surface area contributed by atoms with Crippen molar-refractivity contribution in [3.63, 3.8) is 0 Å². The Morgan fingerprint density at radius 2 is 2.21 bits per heavy atom. The minimum atomic E-state index is 0. The molecule has 2 N–H and O–H groups in total. The molecule has 1 aromatic rings. The number of hydrogen-bond acceptors (Lipinski definition) is 4. The van der Waals surface area contributed by atoms with E-state index in [9.17, 15) is 0 Å². The van der Waals surface area contributed by atoms with Crippen molar-refractivity contribution in [2.45, 2.75) is 51.0 Å². The van der Waals surface area contributed by atoms with Gasteiger partial charge in [0.1, 0.15) is 0 Å². The molecule has 0 spiro atoms. The summed E-state index contributed by atoms with van der Waals surface area (Å²) in [6, 6.07) is 3.93. The molecule has 0 aromatic carbocycles. The van der Waals surface area contributed by atoms with Crippen LogP contribution in [-0.4, -0.2) is 41.1 Å². The van der Waals surface area contributed by atoms with Gasteiger partial charge in [0.2, 0.25) is 5.88 Å². The van der Waals surface area contributed by atoms with E-state index in [2.05, 4.69) is 27.5 Å². The molecule has 0 radical (unpaired) electrons. The molecule has 1 saturated heterocycles. The summed E-state index contributed by atoms with van der Waals surface area (Å²) in [5.74, 6) is 2.76. The number of thioether (sulfide) groups is 1. The van der Waals surface area contributed by atoms with E-state index in [-0.39, 0.29) is 30.1 Å². The van der Waals surface area contributed by atoms with Gasteiger partial charge in [0.05, 0.1) is 6.10 Å². The van der Waals surface area contributed by atoms with Crippen LogP contribution in [0.1, 0.15) is 39.2 Å². The average molecular weight is 464 g/mol. The molecule has 0 saturated carbocycles. The molecule has 1 aliphatic heterocycles. The fourth-order valence-electron chi connectivity index (χ4n) is 2.48. The molecule has 7 heteroatoms. The van der Waals surface area contributed by atoms with Gasteiger partial charge < -0.3 is 15.4 Å². The van der Waals surface area contributed by atoms with Gasteiger partial charge in [-0.3, -0.25) is 4.99 Å². The van der Waals surface area contributed by atoms with Crippen LogP contribution in [0.5, 0.6) is 5.88 Å². The molecule has 0 aliphatic carbocycles.